The van der Waals surface area contributed by atoms with Crippen LogP contribution in [0.3, 0.4) is 0 Å². The van der Waals surface area contributed by atoms with E-state index in [1.807, 2.05) is 0 Å². The highest BCUT2D eigenvalue weighted by atomic mass is 16.5. The van der Waals surface area contributed by atoms with Gasteiger partial charge in [-0.3, -0.25) is 14.4 Å². The number of esters is 1. The van der Waals surface area contributed by atoms with Gasteiger partial charge in [0.05, 0.1) is 13.3 Å². The summed E-state index contributed by atoms with van der Waals surface area (Å²) in [4.78, 5) is 59.9. The molecule has 1 unspecified atom stereocenters. The summed E-state index contributed by atoms with van der Waals surface area (Å²) in [7, 11) is 1.17. The van der Waals surface area contributed by atoms with Gasteiger partial charge in [0.15, 0.2) is 28.8 Å². The molecule has 2 heterocycles. The molecule has 1 aliphatic heterocycles. The van der Waals surface area contributed by atoms with Crippen molar-refractivity contribution in [2.24, 2.45) is 10.7 Å². The molecule has 1 atom stereocenters. The lowest BCUT2D eigenvalue weighted by atomic mass is 10.1. The molecule has 0 fully saturated rings. The van der Waals surface area contributed by atoms with Crippen molar-refractivity contribution in [3.05, 3.63) is 29.5 Å². The minimum Gasteiger partial charge on any atom is -0.464 e. The Kier molecular flexibility index (Phi) is 5.01. The predicted octanol–water partition coefficient (Wildman–Crippen LogP) is -0.359. The molecule has 10 nitrogen and oxygen atoms in total. The van der Waals surface area contributed by atoms with Crippen molar-refractivity contribution in [2.75, 3.05) is 12.0 Å². The van der Waals surface area contributed by atoms with E-state index in [0.717, 1.165) is 6.20 Å². The van der Waals surface area contributed by atoms with Crippen LogP contribution in [-0.2, 0) is 14.3 Å². The average molecular weight is 345 g/mol. The number of nitrogens with two attached hydrogens (primary N) is 1. The van der Waals surface area contributed by atoms with Crippen LogP contribution in [0.15, 0.2) is 23.1 Å². The summed E-state index contributed by atoms with van der Waals surface area (Å²) >= 11 is 0. The van der Waals surface area contributed by atoms with Crippen molar-refractivity contribution < 1.29 is 23.9 Å². The van der Waals surface area contributed by atoms with Gasteiger partial charge >= 0.3 is 5.97 Å². The summed E-state index contributed by atoms with van der Waals surface area (Å²) in [5.41, 5.74) is 4.90. The van der Waals surface area contributed by atoms with Crippen molar-refractivity contribution in [2.45, 2.75) is 19.9 Å². The van der Waals surface area contributed by atoms with Crippen molar-refractivity contribution >= 4 is 35.5 Å². The third kappa shape index (κ3) is 3.57. The summed E-state index contributed by atoms with van der Waals surface area (Å²) in [6, 6.07) is -0.956. The lowest BCUT2D eigenvalue weighted by Gasteiger charge is -2.29. The first-order chi connectivity index (χ1) is 11.8. The fraction of sp³-hybridized carbons (Fsp3) is 0.267. The minimum atomic E-state index is -0.956. The van der Waals surface area contributed by atoms with Crippen LogP contribution in [0.2, 0.25) is 0 Å². The molecule has 0 radical (unpaired) electrons. The molecule has 0 saturated carbocycles. The third-order valence-corrected chi connectivity index (χ3v) is 3.32. The number of hydrogen-bond donors (Lipinski definition) is 1. The Morgan fingerprint density at radius 3 is 2.44 bits per heavy atom. The SMILES string of the molecule is COC(=O)C1=CN(c2nc(C(C)=O)cnc2C(N)=O)C(C(C)=O)C=N1. The van der Waals surface area contributed by atoms with Crippen molar-refractivity contribution in [3.8, 4) is 0 Å². The van der Waals surface area contributed by atoms with Gasteiger partial charge in [-0.05, 0) is 6.92 Å². The van der Waals surface area contributed by atoms with Crippen LogP contribution < -0.4 is 10.6 Å². The first kappa shape index (κ1) is 17.9. The second kappa shape index (κ2) is 6.99. The number of methoxy groups -OCH3 is 1. The van der Waals surface area contributed by atoms with E-state index in [9.17, 15) is 19.2 Å². The molecule has 2 rings (SSSR count). The highest BCUT2D eigenvalue weighted by Gasteiger charge is 2.30. The Balaban J connectivity index is 2.67. The summed E-state index contributed by atoms with van der Waals surface area (Å²) in [5, 5.41) is 0. The molecule has 1 aromatic rings. The number of ketones is 2. The molecule has 0 aromatic carbocycles. The number of carbonyl (C=O) groups is 4. The highest BCUT2D eigenvalue weighted by molar-refractivity contribution is 6.06. The molecule has 2 N–H and O–H groups in total. The third-order valence-electron chi connectivity index (χ3n) is 3.32. The maximum atomic E-state index is 11.9. The number of hydrogen-bond acceptors (Lipinski definition) is 9. The molecular formula is C15H15N5O5. The Morgan fingerprint density at radius 1 is 1.24 bits per heavy atom. The second-order valence-corrected chi connectivity index (χ2v) is 5.09. The predicted molar refractivity (Wildman–Crippen MR) is 86.1 cm³/mol. The Labute approximate surface area is 142 Å². The number of primary amides is 1. The second-order valence-electron chi connectivity index (χ2n) is 5.09. The lowest BCUT2D eigenvalue weighted by molar-refractivity contribution is -0.136. The van der Waals surface area contributed by atoms with Crippen molar-refractivity contribution in [1.82, 2.24) is 9.97 Å². The normalized spacial score (nSPS) is 16.2. The number of anilines is 1. The van der Waals surface area contributed by atoms with Gasteiger partial charge in [0.1, 0.15) is 11.7 Å². The van der Waals surface area contributed by atoms with Crippen LogP contribution in [-0.4, -0.2) is 52.8 Å². The minimum absolute atomic E-state index is 0.0298. The molecule has 130 valence electrons. The van der Waals surface area contributed by atoms with Crippen molar-refractivity contribution in [3.63, 3.8) is 0 Å². The largest absolute Gasteiger partial charge is 0.464 e. The Morgan fingerprint density at radius 2 is 1.92 bits per heavy atom. The van der Waals surface area contributed by atoms with E-state index in [2.05, 4.69) is 19.7 Å². The molecule has 0 spiro atoms. The number of nitrogens with zero attached hydrogens (tertiary/aromatic N) is 4. The molecule has 0 aliphatic carbocycles. The van der Waals surface area contributed by atoms with Gasteiger partial charge in [0.25, 0.3) is 5.91 Å². The van der Waals surface area contributed by atoms with Gasteiger partial charge in [0.2, 0.25) is 0 Å². The number of rotatable bonds is 5. The monoisotopic (exact) mass is 345 g/mol. The van der Waals surface area contributed by atoms with Gasteiger partial charge in [-0.15, -0.1) is 0 Å². The smallest absolute Gasteiger partial charge is 0.358 e. The van der Waals surface area contributed by atoms with Gasteiger partial charge in [-0.1, -0.05) is 0 Å². The van der Waals surface area contributed by atoms with Crippen LogP contribution in [0.4, 0.5) is 5.82 Å². The Hall–Kier alpha value is -3.43. The van der Waals surface area contributed by atoms with E-state index in [1.54, 1.807) is 0 Å². The number of aliphatic imine (C=N–C) groups is 1. The molecule has 10 heteroatoms. The zero-order valence-corrected chi connectivity index (χ0v) is 13.7. The first-order valence-corrected chi connectivity index (χ1v) is 7.07. The molecule has 1 amide bonds. The number of carbonyl (C=O) groups excluding carboxylic acids is 4. The summed E-state index contributed by atoms with van der Waals surface area (Å²) < 4.78 is 4.59. The molecule has 25 heavy (non-hydrogen) atoms. The van der Waals surface area contributed by atoms with E-state index in [0.29, 0.717) is 0 Å². The average Bonchev–Trinajstić information content (AvgIpc) is 2.59. The quantitative estimate of drug-likeness (QED) is 0.562. The van der Waals surface area contributed by atoms with Crippen LogP contribution in [0.1, 0.15) is 34.8 Å². The van der Waals surface area contributed by atoms with Crippen LogP contribution in [0.25, 0.3) is 0 Å². The maximum absolute atomic E-state index is 11.9. The van der Waals surface area contributed by atoms with Gasteiger partial charge < -0.3 is 15.4 Å². The zero-order valence-electron chi connectivity index (χ0n) is 13.7. The molecule has 1 aliphatic rings. The summed E-state index contributed by atoms with van der Waals surface area (Å²) in [6.07, 6.45) is 3.51. The van der Waals surface area contributed by atoms with E-state index in [-0.39, 0.29) is 28.7 Å². The van der Waals surface area contributed by atoms with E-state index in [1.165, 1.54) is 38.3 Å². The first-order valence-electron chi connectivity index (χ1n) is 7.07. The molecule has 1 aromatic heterocycles. The number of amides is 1. The standard InChI is InChI=1S/C15H15N5O5/c1-7(21)9-4-18-12(13(16)23)14(19-9)20-6-10(15(24)25-3)17-5-11(20)8(2)22/h4-6,11H,1-3H3,(H2,16,23). The van der Waals surface area contributed by atoms with Gasteiger partial charge in [0, 0.05) is 19.3 Å². The fourth-order valence-corrected chi connectivity index (χ4v) is 2.07. The van der Waals surface area contributed by atoms with E-state index >= 15 is 0 Å². The van der Waals surface area contributed by atoms with E-state index < -0.39 is 23.7 Å². The maximum Gasteiger partial charge on any atom is 0.358 e. The van der Waals surface area contributed by atoms with Gasteiger partial charge in [-0.25, -0.2) is 19.8 Å². The lowest BCUT2D eigenvalue weighted by Crippen LogP contribution is -2.42. The summed E-state index contributed by atoms with van der Waals surface area (Å²) in [5.74, 6) is -2.52. The summed E-state index contributed by atoms with van der Waals surface area (Å²) in [6.45, 7) is 2.57. The van der Waals surface area contributed by atoms with Crippen LogP contribution in [0.5, 0.6) is 0 Å². The number of Topliss-reactive ketones (excluding diaryl/α,β-unsaturated/α-hetero) is 2. The molecule has 0 saturated heterocycles. The number of aromatic nitrogens is 2. The van der Waals surface area contributed by atoms with Crippen LogP contribution >= 0.6 is 0 Å². The highest BCUT2D eigenvalue weighted by Crippen LogP contribution is 2.23. The van der Waals surface area contributed by atoms with Crippen LogP contribution in [0, 0.1) is 0 Å². The topological polar surface area (TPSA) is 145 Å². The number of ether oxygens (including phenoxy) is 1. The molecule has 0 bridgehead atoms. The fourth-order valence-electron chi connectivity index (χ4n) is 2.07. The van der Waals surface area contributed by atoms with E-state index in [4.69, 9.17) is 5.73 Å². The van der Waals surface area contributed by atoms with Crippen molar-refractivity contribution in [1.29, 1.82) is 0 Å². The Bertz CT molecular complexity index is 830. The zero-order chi connectivity index (χ0) is 18.7. The molecular weight excluding hydrogens is 330 g/mol. The van der Waals surface area contributed by atoms with Gasteiger partial charge in [-0.2, -0.15) is 0 Å².